The average Bonchev–Trinajstić information content (AvgIpc) is 3.27. The number of thiazole rings is 1. The van der Waals surface area contributed by atoms with Gasteiger partial charge in [0.15, 0.2) is 5.76 Å². The second-order valence-corrected chi connectivity index (χ2v) is 7.33. The number of fused-ring (bicyclic) bond motifs is 1. The summed E-state index contributed by atoms with van der Waals surface area (Å²) in [6.07, 6.45) is 0.0198. The van der Waals surface area contributed by atoms with Crippen LogP contribution in [0.15, 0.2) is 40.1 Å². The summed E-state index contributed by atoms with van der Waals surface area (Å²) in [5.74, 6) is -0.516. The molecule has 0 saturated heterocycles. The maximum Gasteiger partial charge on any atom is 0.228 e. The van der Waals surface area contributed by atoms with Crippen molar-refractivity contribution in [2.75, 3.05) is 5.32 Å². The molecule has 3 heterocycles. The van der Waals surface area contributed by atoms with Gasteiger partial charge in [0.25, 0.3) is 0 Å². The summed E-state index contributed by atoms with van der Waals surface area (Å²) in [5, 5.41) is 8.25. The molecule has 6 nitrogen and oxygen atoms in total. The molecule has 2 amide bonds. The zero-order valence-electron chi connectivity index (χ0n) is 14.4. The average molecular weight is 385 g/mol. The predicted molar refractivity (Wildman–Crippen MR) is 98.8 cm³/mol. The molecule has 0 unspecified atom stereocenters. The highest BCUT2D eigenvalue weighted by molar-refractivity contribution is 7.09. The number of amides is 2. The lowest BCUT2D eigenvalue weighted by atomic mass is 9.89. The van der Waals surface area contributed by atoms with E-state index in [0.717, 1.165) is 10.7 Å². The lowest BCUT2D eigenvalue weighted by molar-refractivity contribution is -0.126. The number of anilines is 1. The summed E-state index contributed by atoms with van der Waals surface area (Å²) in [4.78, 5) is 28.8. The first-order valence-corrected chi connectivity index (χ1v) is 9.26. The molecular formula is C19H16FN3O3S. The molecule has 1 aromatic carbocycles. The fourth-order valence-corrected chi connectivity index (χ4v) is 3.66. The minimum atomic E-state index is -0.662. The molecule has 0 bridgehead atoms. The van der Waals surface area contributed by atoms with E-state index in [-0.39, 0.29) is 24.8 Å². The minimum Gasteiger partial charge on any atom is -0.458 e. The number of nitrogens with zero attached hydrogens (tertiary/aromatic N) is 1. The third-order valence-electron chi connectivity index (χ3n) is 4.34. The normalized spacial score (nSPS) is 15.9. The predicted octanol–water partition coefficient (Wildman–Crippen LogP) is 3.59. The molecule has 0 saturated carbocycles. The zero-order valence-corrected chi connectivity index (χ0v) is 15.2. The topological polar surface area (TPSA) is 84.2 Å². The van der Waals surface area contributed by atoms with Crippen molar-refractivity contribution in [3.8, 4) is 11.5 Å². The van der Waals surface area contributed by atoms with Crippen LogP contribution >= 0.6 is 11.3 Å². The number of hydrogen-bond donors (Lipinski definition) is 2. The number of aryl methyl sites for hydroxylation is 1. The fraction of sp³-hybridized carbons (Fsp3) is 0.211. The number of carbonyl (C=O) groups is 2. The van der Waals surface area contributed by atoms with Gasteiger partial charge in [-0.15, -0.1) is 11.3 Å². The van der Waals surface area contributed by atoms with Gasteiger partial charge in [-0.2, -0.15) is 0 Å². The number of furan rings is 1. The maximum absolute atomic E-state index is 13.4. The van der Waals surface area contributed by atoms with E-state index in [1.807, 2.05) is 18.4 Å². The second-order valence-electron chi connectivity index (χ2n) is 6.27. The van der Waals surface area contributed by atoms with Crippen molar-refractivity contribution in [1.82, 2.24) is 10.3 Å². The molecule has 0 spiro atoms. The molecule has 1 aliphatic heterocycles. The Hall–Kier alpha value is -3.00. The van der Waals surface area contributed by atoms with Crippen LogP contribution in [-0.2, 0) is 16.1 Å². The largest absolute Gasteiger partial charge is 0.458 e. The monoisotopic (exact) mass is 385 g/mol. The maximum atomic E-state index is 13.4. The quantitative estimate of drug-likeness (QED) is 0.719. The molecule has 3 aromatic rings. The Balaban J connectivity index is 1.46. The van der Waals surface area contributed by atoms with E-state index in [9.17, 15) is 14.0 Å². The van der Waals surface area contributed by atoms with Gasteiger partial charge in [-0.05, 0) is 36.8 Å². The van der Waals surface area contributed by atoms with Gasteiger partial charge in [-0.1, -0.05) is 6.07 Å². The van der Waals surface area contributed by atoms with Crippen LogP contribution in [0.4, 0.5) is 10.1 Å². The Morgan fingerprint density at radius 2 is 2.26 bits per heavy atom. The molecule has 4 rings (SSSR count). The number of carbonyl (C=O) groups excluding carboxylic acids is 2. The molecule has 0 radical (unpaired) electrons. The number of halogens is 1. The van der Waals surface area contributed by atoms with E-state index < -0.39 is 11.7 Å². The van der Waals surface area contributed by atoms with Crippen molar-refractivity contribution in [1.29, 1.82) is 0 Å². The highest BCUT2D eigenvalue weighted by atomic mass is 32.1. The summed E-state index contributed by atoms with van der Waals surface area (Å²) in [7, 11) is 0. The highest BCUT2D eigenvalue weighted by Crippen LogP contribution is 2.33. The highest BCUT2D eigenvalue weighted by Gasteiger charge is 2.30. The van der Waals surface area contributed by atoms with Crippen molar-refractivity contribution >= 4 is 28.8 Å². The lowest BCUT2D eigenvalue weighted by Crippen LogP contribution is -2.34. The molecule has 8 heteroatoms. The van der Waals surface area contributed by atoms with Gasteiger partial charge in [0.2, 0.25) is 11.8 Å². The van der Waals surface area contributed by atoms with E-state index in [1.165, 1.54) is 29.5 Å². The van der Waals surface area contributed by atoms with Crippen LogP contribution in [0.2, 0.25) is 0 Å². The van der Waals surface area contributed by atoms with Gasteiger partial charge in [0.05, 0.1) is 17.5 Å². The lowest BCUT2D eigenvalue weighted by Gasteiger charge is -2.24. The van der Waals surface area contributed by atoms with Crippen molar-refractivity contribution in [3.63, 3.8) is 0 Å². The van der Waals surface area contributed by atoms with E-state index in [4.69, 9.17) is 4.42 Å². The number of aromatic nitrogens is 1. The molecule has 0 fully saturated rings. The summed E-state index contributed by atoms with van der Waals surface area (Å²) in [5.41, 5.74) is 1.70. The number of benzene rings is 1. The van der Waals surface area contributed by atoms with Crippen molar-refractivity contribution in [3.05, 3.63) is 57.9 Å². The van der Waals surface area contributed by atoms with Gasteiger partial charge in [0, 0.05) is 17.5 Å². The fourth-order valence-electron chi connectivity index (χ4n) is 3.06. The Labute approximate surface area is 158 Å². The number of hydrogen-bond acceptors (Lipinski definition) is 5. The van der Waals surface area contributed by atoms with E-state index in [2.05, 4.69) is 15.6 Å². The van der Waals surface area contributed by atoms with Gasteiger partial charge in [-0.3, -0.25) is 9.59 Å². The third-order valence-corrected chi connectivity index (χ3v) is 5.11. The Morgan fingerprint density at radius 3 is 3.04 bits per heavy atom. The van der Waals surface area contributed by atoms with Crippen LogP contribution in [0, 0.1) is 12.7 Å². The smallest absolute Gasteiger partial charge is 0.228 e. The first kappa shape index (κ1) is 17.4. The third kappa shape index (κ3) is 3.61. The van der Waals surface area contributed by atoms with Crippen LogP contribution in [0.5, 0.6) is 0 Å². The van der Waals surface area contributed by atoms with Crippen LogP contribution < -0.4 is 10.6 Å². The Kier molecular flexibility index (Phi) is 4.49. The summed E-state index contributed by atoms with van der Waals surface area (Å²) < 4.78 is 19.1. The van der Waals surface area contributed by atoms with Gasteiger partial charge >= 0.3 is 0 Å². The Bertz CT molecular complexity index is 1030. The number of nitrogens with one attached hydrogen (secondary N) is 2. The van der Waals surface area contributed by atoms with Gasteiger partial charge in [-0.25, -0.2) is 9.37 Å². The van der Waals surface area contributed by atoms with Crippen molar-refractivity contribution in [2.45, 2.75) is 25.8 Å². The second kappa shape index (κ2) is 6.96. The van der Waals surface area contributed by atoms with E-state index in [0.29, 0.717) is 22.8 Å². The molecular weight excluding hydrogens is 369 g/mol. The Morgan fingerprint density at radius 1 is 1.41 bits per heavy atom. The summed E-state index contributed by atoms with van der Waals surface area (Å²) in [6, 6.07) is 7.62. The van der Waals surface area contributed by atoms with Gasteiger partial charge < -0.3 is 15.1 Å². The van der Waals surface area contributed by atoms with Crippen LogP contribution in [0.1, 0.15) is 28.7 Å². The van der Waals surface area contributed by atoms with Crippen LogP contribution in [0.3, 0.4) is 0 Å². The van der Waals surface area contributed by atoms with Crippen LogP contribution in [-0.4, -0.2) is 16.8 Å². The van der Waals surface area contributed by atoms with Crippen molar-refractivity contribution < 1.29 is 18.4 Å². The standard InChI is InChI=1S/C19H16FN3O3S/c1-10-22-16(9-27-10)17-5-3-12(26-17)8-21-19(25)14-7-18(24)23-15-6-11(20)2-4-13(14)15/h2-6,9,14H,7-8H2,1H3,(H,21,25)(H,23,24)/t14-/m1/s1. The van der Waals surface area contributed by atoms with Crippen LogP contribution in [0.25, 0.3) is 11.5 Å². The minimum absolute atomic E-state index is 0.0198. The molecule has 2 N–H and O–H groups in total. The molecule has 27 heavy (non-hydrogen) atoms. The number of rotatable bonds is 4. The first-order chi connectivity index (χ1) is 13.0. The van der Waals surface area contributed by atoms with E-state index >= 15 is 0 Å². The molecule has 1 aliphatic rings. The van der Waals surface area contributed by atoms with E-state index in [1.54, 1.807) is 6.07 Å². The van der Waals surface area contributed by atoms with Gasteiger partial charge in [0.1, 0.15) is 17.3 Å². The molecule has 138 valence electrons. The van der Waals surface area contributed by atoms with Crippen molar-refractivity contribution in [2.24, 2.45) is 0 Å². The first-order valence-electron chi connectivity index (χ1n) is 8.38. The summed E-state index contributed by atoms with van der Waals surface area (Å²) in [6.45, 7) is 2.11. The molecule has 2 aromatic heterocycles. The SMILES string of the molecule is Cc1nc(-c2ccc(CNC(=O)[C@@H]3CC(=O)Nc4cc(F)ccc43)o2)cs1. The molecule has 1 atom stereocenters. The zero-order chi connectivity index (χ0) is 19.0. The molecule has 0 aliphatic carbocycles. The summed E-state index contributed by atoms with van der Waals surface area (Å²) >= 11 is 1.53.